The number of hydrogen-bond acceptors (Lipinski definition) is 1. The summed E-state index contributed by atoms with van der Waals surface area (Å²) in [5.41, 5.74) is 0.652. The minimum Gasteiger partial charge on any atom is -0.318 e. The Hall–Kier alpha value is -1.97. The van der Waals surface area contributed by atoms with Crippen LogP contribution in [0.4, 0.5) is 14.5 Å². The van der Waals surface area contributed by atoms with Crippen molar-refractivity contribution < 1.29 is 13.6 Å². The Labute approximate surface area is 97.5 Å². The van der Waals surface area contributed by atoms with Gasteiger partial charge in [0.25, 0.3) is 0 Å². The van der Waals surface area contributed by atoms with Gasteiger partial charge in [0.15, 0.2) is 0 Å². The molecule has 0 saturated heterocycles. The molecule has 17 heavy (non-hydrogen) atoms. The van der Waals surface area contributed by atoms with Gasteiger partial charge in [0.05, 0.1) is 0 Å². The molecule has 0 saturated carbocycles. The maximum Gasteiger partial charge on any atom is 0.339 e. The van der Waals surface area contributed by atoms with E-state index in [1.54, 1.807) is 31.3 Å². The van der Waals surface area contributed by atoms with E-state index in [2.05, 4.69) is 0 Å². The Balaban J connectivity index is 2.50. The molecular formula is C13H10F2NO. The number of carbonyl (C=O) groups is 1. The van der Waals surface area contributed by atoms with Crippen molar-refractivity contribution >= 4 is 22.9 Å². The lowest BCUT2D eigenvalue weighted by Gasteiger charge is -2.11. The van der Waals surface area contributed by atoms with Gasteiger partial charge in [0.1, 0.15) is 0 Å². The number of benzene rings is 2. The maximum atomic E-state index is 12.4. The highest BCUT2D eigenvalue weighted by Crippen LogP contribution is 2.25. The number of hydrogen-bond donors (Lipinski definition) is 0. The predicted molar refractivity (Wildman–Crippen MR) is 63.0 cm³/mol. The molecule has 2 rings (SSSR count). The lowest BCUT2D eigenvalue weighted by molar-refractivity contribution is -0.107. The Bertz CT molecular complexity index is 554. The molecule has 2 aromatic carbocycles. The zero-order valence-corrected chi connectivity index (χ0v) is 9.15. The Morgan fingerprint density at radius 3 is 2.41 bits per heavy atom. The average molecular weight is 234 g/mol. The first-order chi connectivity index (χ1) is 8.11. The minimum absolute atomic E-state index is 0.0750. The van der Waals surface area contributed by atoms with Gasteiger partial charge in [0, 0.05) is 18.3 Å². The number of nitrogens with zero attached hydrogens (tertiary/aromatic N) is 1. The zero-order chi connectivity index (χ0) is 12.4. The Morgan fingerprint density at radius 1 is 1.12 bits per heavy atom. The van der Waals surface area contributed by atoms with Crippen molar-refractivity contribution in [3.05, 3.63) is 48.4 Å². The van der Waals surface area contributed by atoms with E-state index >= 15 is 0 Å². The molecule has 0 aliphatic heterocycles. The second-order valence-corrected chi connectivity index (χ2v) is 3.72. The molecule has 87 valence electrons. The monoisotopic (exact) mass is 234 g/mol. The van der Waals surface area contributed by atoms with Crippen molar-refractivity contribution in [2.45, 2.75) is 0 Å². The summed E-state index contributed by atoms with van der Waals surface area (Å²) in [6.45, 7) is 0. The van der Waals surface area contributed by atoms with E-state index in [1.165, 1.54) is 17.0 Å². The number of amides is 1. The molecule has 0 atom stereocenters. The van der Waals surface area contributed by atoms with Crippen LogP contribution in [0.3, 0.4) is 0 Å². The molecule has 0 bridgehead atoms. The first-order valence-electron chi connectivity index (χ1n) is 5.02. The van der Waals surface area contributed by atoms with Gasteiger partial charge in [-0.25, -0.2) is 0 Å². The van der Waals surface area contributed by atoms with Crippen molar-refractivity contribution in [2.75, 3.05) is 11.9 Å². The van der Waals surface area contributed by atoms with Crippen LogP contribution in [0.15, 0.2) is 36.4 Å². The quantitative estimate of drug-likeness (QED) is 0.747. The fraction of sp³-hybridized carbons (Fsp3) is 0.0769. The first-order valence-corrected chi connectivity index (χ1v) is 5.02. The molecule has 1 radical (unpaired) electrons. The summed E-state index contributed by atoms with van der Waals surface area (Å²) >= 11 is 0. The summed E-state index contributed by atoms with van der Waals surface area (Å²) in [5, 5.41) is 1.54. The summed E-state index contributed by atoms with van der Waals surface area (Å²) in [6, 6.07) is 9.63. The Kier molecular flexibility index (Phi) is 3.04. The van der Waals surface area contributed by atoms with E-state index in [-0.39, 0.29) is 5.56 Å². The number of halogens is 2. The lowest BCUT2D eigenvalue weighted by atomic mass is 10.1. The molecule has 0 aromatic heterocycles. The summed E-state index contributed by atoms with van der Waals surface area (Å²) in [7, 11) is 1.64. The van der Waals surface area contributed by atoms with Crippen molar-refractivity contribution in [1.82, 2.24) is 0 Å². The van der Waals surface area contributed by atoms with Crippen molar-refractivity contribution in [3.63, 3.8) is 0 Å². The van der Waals surface area contributed by atoms with Crippen LogP contribution in [-0.4, -0.2) is 13.5 Å². The van der Waals surface area contributed by atoms with Crippen molar-refractivity contribution in [2.24, 2.45) is 0 Å². The van der Waals surface area contributed by atoms with Crippen LogP contribution in [0.5, 0.6) is 0 Å². The molecule has 2 nitrogen and oxygen atoms in total. The summed E-state index contributed by atoms with van der Waals surface area (Å²) in [5.74, 6) is 0. The second-order valence-electron chi connectivity index (χ2n) is 3.72. The van der Waals surface area contributed by atoms with Crippen LogP contribution in [0.2, 0.25) is 0 Å². The van der Waals surface area contributed by atoms with Gasteiger partial charge in [0.2, 0.25) is 6.41 Å². The lowest BCUT2D eigenvalue weighted by Crippen LogP contribution is -2.13. The standard InChI is InChI=1S/C13H10F2NO/c1-16(8-17)12-5-4-9-6-11(13(14)15)3-2-10(9)7-12/h2-8H,1H3. The SMILES string of the molecule is CN(C=O)c1ccc2cc([C](F)F)ccc2c1. The van der Waals surface area contributed by atoms with Gasteiger partial charge in [-0.15, -0.1) is 0 Å². The molecule has 0 fully saturated rings. The van der Waals surface area contributed by atoms with Crippen LogP contribution in [0.1, 0.15) is 5.56 Å². The minimum atomic E-state index is -1.69. The topological polar surface area (TPSA) is 20.3 Å². The Morgan fingerprint density at radius 2 is 1.76 bits per heavy atom. The van der Waals surface area contributed by atoms with E-state index < -0.39 is 6.43 Å². The van der Waals surface area contributed by atoms with Gasteiger partial charge >= 0.3 is 6.43 Å². The molecular weight excluding hydrogens is 224 g/mol. The highest BCUT2D eigenvalue weighted by Gasteiger charge is 2.10. The number of fused-ring (bicyclic) bond motifs is 1. The molecule has 0 unspecified atom stereocenters. The predicted octanol–water partition coefficient (Wildman–Crippen LogP) is 3.21. The van der Waals surface area contributed by atoms with Crippen molar-refractivity contribution in [1.29, 1.82) is 0 Å². The molecule has 2 aromatic rings. The normalized spacial score (nSPS) is 10.8. The molecule has 0 spiro atoms. The van der Waals surface area contributed by atoms with Crippen molar-refractivity contribution in [3.8, 4) is 0 Å². The van der Waals surface area contributed by atoms with E-state index in [1.807, 2.05) is 0 Å². The maximum absolute atomic E-state index is 12.4. The van der Waals surface area contributed by atoms with Crippen LogP contribution in [0.25, 0.3) is 10.8 Å². The fourth-order valence-corrected chi connectivity index (χ4v) is 1.63. The van der Waals surface area contributed by atoms with Crippen LogP contribution in [0, 0.1) is 6.43 Å². The second kappa shape index (κ2) is 4.49. The van der Waals surface area contributed by atoms with Crippen LogP contribution in [-0.2, 0) is 4.79 Å². The fourth-order valence-electron chi connectivity index (χ4n) is 1.63. The van der Waals surface area contributed by atoms with Crippen LogP contribution >= 0.6 is 0 Å². The zero-order valence-electron chi connectivity index (χ0n) is 9.15. The third kappa shape index (κ3) is 2.25. The number of anilines is 1. The van der Waals surface area contributed by atoms with E-state index in [0.29, 0.717) is 6.41 Å². The summed E-state index contributed by atoms with van der Waals surface area (Å²) in [4.78, 5) is 12.0. The molecule has 0 heterocycles. The van der Waals surface area contributed by atoms with Gasteiger partial charge in [-0.05, 0) is 29.0 Å². The summed E-state index contributed by atoms with van der Waals surface area (Å²) in [6.07, 6.45) is -0.995. The molecule has 0 aliphatic carbocycles. The van der Waals surface area contributed by atoms with Gasteiger partial charge in [-0.1, -0.05) is 18.2 Å². The third-order valence-electron chi connectivity index (χ3n) is 2.61. The van der Waals surface area contributed by atoms with Gasteiger partial charge in [-0.3, -0.25) is 4.79 Å². The highest BCUT2D eigenvalue weighted by molar-refractivity contribution is 5.89. The molecule has 0 N–H and O–H groups in total. The molecule has 1 amide bonds. The van der Waals surface area contributed by atoms with Gasteiger partial charge in [-0.2, -0.15) is 8.78 Å². The van der Waals surface area contributed by atoms with E-state index in [0.717, 1.165) is 16.5 Å². The third-order valence-corrected chi connectivity index (χ3v) is 2.61. The number of carbonyl (C=O) groups excluding carboxylic acids is 1. The van der Waals surface area contributed by atoms with E-state index in [4.69, 9.17) is 0 Å². The smallest absolute Gasteiger partial charge is 0.318 e. The highest BCUT2D eigenvalue weighted by atomic mass is 19.3. The molecule has 0 aliphatic rings. The largest absolute Gasteiger partial charge is 0.339 e. The molecule has 4 heteroatoms. The van der Waals surface area contributed by atoms with E-state index in [9.17, 15) is 13.6 Å². The van der Waals surface area contributed by atoms with Crippen LogP contribution < -0.4 is 4.90 Å². The summed E-state index contributed by atoms with van der Waals surface area (Å²) < 4.78 is 24.8. The van der Waals surface area contributed by atoms with Gasteiger partial charge < -0.3 is 4.90 Å². The number of rotatable bonds is 3. The first kappa shape index (κ1) is 11.5. The average Bonchev–Trinajstić information content (AvgIpc) is 2.36.